The molecule has 2 aliphatic heterocycles. The fourth-order valence-corrected chi connectivity index (χ4v) is 6.40. The summed E-state index contributed by atoms with van der Waals surface area (Å²) in [7, 11) is 0. The molecule has 2 atom stereocenters. The lowest BCUT2D eigenvalue weighted by Gasteiger charge is -2.34. The van der Waals surface area contributed by atoms with Crippen molar-refractivity contribution in [1.29, 1.82) is 0 Å². The van der Waals surface area contributed by atoms with E-state index in [0.717, 1.165) is 32.5 Å². The van der Waals surface area contributed by atoms with Crippen molar-refractivity contribution in [2.24, 2.45) is 0 Å². The summed E-state index contributed by atoms with van der Waals surface area (Å²) in [5.74, 6) is -0.228. The van der Waals surface area contributed by atoms with Gasteiger partial charge < -0.3 is 10.2 Å². The third-order valence-electron chi connectivity index (χ3n) is 6.88. The van der Waals surface area contributed by atoms with Crippen molar-refractivity contribution in [3.63, 3.8) is 0 Å². The molecule has 5 nitrogen and oxygen atoms in total. The van der Waals surface area contributed by atoms with E-state index < -0.39 is 11.4 Å². The zero-order valence-corrected chi connectivity index (χ0v) is 20.9. The molecule has 5 rings (SSSR count). The average Bonchev–Trinajstić information content (AvgIpc) is 3.36. The van der Waals surface area contributed by atoms with Crippen LogP contribution in [0, 0.1) is 5.82 Å². The molecule has 7 heteroatoms. The van der Waals surface area contributed by atoms with Crippen molar-refractivity contribution in [3.05, 3.63) is 107 Å². The Morgan fingerprint density at radius 3 is 2.31 bits per heavy atom. The van der Waals surface area contributed by atoms with Crippen LogP contribution >= 0.6 is 11.8 Å². The zero-order chi connectivity index (χ0) is 24.9. The fraction of sp³-hybridized carbons (Fsp3) is 0.310. The van der Waals surface area contributed by atoms with E-state index in [0.29, 0.717) is 16.9 Å². The Hall–Kier alpha value is -3.16. The van der Waals surface area contributed by atoms with Crippen LogP contribution in [-0.2, 0) is 11.3 Å². The Labute approximate surface area is 215 Å². The van der Waals surface area contributed by atoms with E-state index in [9.17, 15) is 14.0 Å². The van der Waals surface area contributed by atoms with Gasteiger partial charge in [0.25, 0.3) is 5.91 Å². The number of carbonyl (C=O) groups excluding carboxylic acids is 2. The third-order valence-corrected chi connectivity index (χ3v) is 8.20. The molecule has 2 amide bonds. The van der Waals surface area contributed by atoms with Crippen LogP contribution in [0.3, 0.4) is 0 Å². The normalized spacial score (nSPS) is 20.9. The van der Waals surface area contributed by atoms with Crippen LogP contribution in [-0.4, -0.2) is 52.5 Å². The SMILES string of the molecule is O=C(NC1CCN(Cc2ccccc2)CC1)C1CSC(c2cccc(F)c2)N1C(=O)c1ccccc1. The number of hydrogen-bond acceptors (Lipinski definition) is 4. The van der Waals surface area contributed by atoms with Crippen LogP contribution < -0.4 is 5.32 Å². The predicted molar refractivity (Wildman–Crippen MR) is 141 cm³/mol. The second-order valence-electron chi connectivity index (χ2n) is 9.38. The van der Waals surface area contributed by atoms with Crippen LogP contribution in [0.5, 0.6) is 0 Å². The van der Waals surface area contributed by atoms with E-state index in [2.05, 4.69) is 34.5 Å². The number of hydrogen-bond donors (Lipinski definition) is 1. The molecule has 36 heavy (non-hydrogen) atoms. The molecule has 0 spiro atoms. The molecule has 0 aliphatic carbocycles. The Bertz CT molecular complexity index is 1190. The number of carbonyl (C=O) groups is 2. The molecular formula is C29H30FN3O2S. The molecule has 2 unspecified atom stereocenters. The zero-order valence-electron chi connectivity index (χ0n) is 20.1. The number of nitrogens with zero attached hydrogens (tertiary/aromatic N) is 2. The Morgan fingerprint density at radius 1 is 0.917 bits per heavy atom. The molecule has 0 bridgehead atoms. The topological polar surface area (TPSA) is 52.7 Å². The van der Waals surface area contributed by atoms with Gasteiger partial charge in [-0.25, -0.2) is 4.39 Å². The maximum absolute atomic E-state index is 14.0. The highest BCUT2D eigenvalue weighted by Crippen LogP contribution is 2.42. The van der Waals surface area contributed by atoms with Gasteiger partial charge in [-0.3, -0.25) is 14.5 Å². The van der Waals surface area contributed by atoms with E-state index in [4.69, 9.17) is 0 Å². The van der Waals surface area contributed by atoms with Crippen molar-refractivity contribution < 1.29 is 14.0 Å². The number of halogens is 1. The lowest BCUT2D eigenvalue weighted by molar-refractivity contribution is -0.125. The maximum atomic E-state index is 14.0. The van der Waals surface area contributed by atoms with E-state index in [1.165, 1.54) is 29.5 Å². The van der Waals surface area contributed by atoms with Gasteiger partial charge in [-0.15, -0.1) is 11.8 Å². The lowest BCUT2D eigenvalue weighted by atomic mass is 10.0. The first-order valence-corrected chi connectivity index (χ1v) is 13.4. The molecule has 3 aromatic rings. The van der Waals surface area contributed by atoms with E-state index >= 15 is 0 Å². The summed E-state index contributed by atoms with van der Waals surface area (Å²) >= 11 is 1.50. The van der Waals surface area contributed by atoms with Gasteiger partial charge >= 0.3 is 0 Å². The summed E-state index contributed by atoms with van der Waals surface area (Å²) in [6.07, 6.45) is 1.75. The second kappa shape index (κ2) is 11.3. The Balaban J connectivity index is 1.27. The standard InChI is InChI=1S/C29H30FN3O2S/c30-24-13-7-12-23(18-24)29-33(28(35)22-10-5-2-6-11-22)26(20-36-29)27(34)31-25-14-16-32(17-15-25)19-21-8-3-1-4-9-21/h1-13,18,25-26,29H,14-17,19-20H2,(H,31,34). The number of benzene rings is 3. The summed E-state index contributed by atoms with van der Waals surface area (Å²) in [6, 6.07) is 25.2. The van der Waals surface area contributed by atoms with Gasteiger partial charge in [0.05, 0.1) is 0 Å². The van der Waals surface area contributed by atoms with E-state index in [1.54, 1.807) is 23.1 Å². The van der Waals surface area contributed by atoms with Gasteiger partial charge in [0.15, 0.2) is 0 Å². The highest BCUT2D eigenvalue weighted by atomic mass is 32.2. The first kappa shape index (κ1) is 24.5. The Kier molecular flexibility index (Phi) is 7.68. The van der Waals surface area contributed by atoms with Crippen molar-refractivity contribution in [3.8, 4) is 0 Å². The van der Waals surface area contributed by atoms with Crippen LogP contribution in [0.1, 0.15) is 39.7 Å². The van der Waals surface area contributed by atoms with Crippen LogP contribution in [0.4, 0.5) is 4.39 Å². The molecule has 2 saturated heterocycles. The smallest absolute Gasteiger partial charge is 0.255 e. The van der Waals surface area contributed by atoms with Gasteiger partial charge in [-0.1, -0.05) is 60.7 Å². The number of thioether (sulfide) groups is 1. The van der Waals surface area contributed by atoms with Gasteiger partial charge in [0, 0.05) is 37.0 Å². The molecular weight excluding hydrogens is 473 g/mol. The Morgan fingerprint density at radius 2 is 1.61 bits per heavy atom. The molecule has 2 aliphatic rings. The molecule has 0 saturated carbocycles. The summed E-state index contributed by atoms with van der Waals surface area (Å²) < 4.78 is 14.0. The first-order chi connectivity index (χ1) is 17.6. The number of likely N-dealkylation sites (tertiary alicyclic amines) is 1. The largest absolute Gasteiger partial charge is 0.351 e. The van der Waals surface area contributed by atoms with Crippen molar-refractivity contribution >= 4 is 23.6 Å². The van der Waals surface area contributed by atoms with Crippen molar-refractivity contribution in [1.82, 2.24) is 15.1 Å². The molecule has 2 heterocycles. The minimum Gasteiger partial charge on any atom is -0.351 e. The quantitative estimate of drug-likeness (QED) is 0.522. The molecule has 0 aromatic heterocycles. The molecule has 0 radical (unpaired) electrons. The summed E-state index contributed by atoms with van der Waals surface area (Å²) in [5.41, 5.74) is 2.50. The fourth-order valence-electron chi connectivity index (χ4n) is 4.98. The monoisotopic (exact) mass is 503 g/mol. The maximum Gasteiger partial charge on any atom is 0.255 e. The number of piperidine rings is 1. The minimum absolute atomic E-state index is 0.0800. The van der Waals surface area contributed by atoms with E-state index in [-0.39, 0.29) is 23.7 Å². The van der Waals surface area contributed by atoms with Gasteiger partial charge in [-0.2, -0.15) is 0 Å². The van der Waals surface area contributed by atoms with Crippen molar-refractivity contribution in [2.45, 2.75) is 36.8 Å². The average molecular weight is 504 g/mol. The highest BCUT2D eigenvalue weighted by Gasteiger charge is 2.43. The van der Waals surface area contributed by atoms with Crippen LogP contribution in [0.25, 0.3) is 0 Å². The summed E-state index contributed by atoms with van der Waals surface area (Å²) in [5, 5.41) is 2.80. The summed E-state index contributed by atoms with van der Waals surface area (Å²) in [4.78, 5) is 31.1. The lowest BCUT2D eigenvalue weighted by Crippen LogP contribution is -2.52. The third kappa shape index (κ3) is 5.63. The van der Waals surface area contributed by atoms with Crippen LogP contribution in [0.2, 0.25) is 0 Å². The first-order valence-electron chi connectivity index (χ1n) is 12.4. The molecule has 186 valence electrons. The van der Waals surface area contributed by atoms with Crippen LogP contribution in [0.15, 0.2) is 84.9 Å². The summed E-state index contributed by atoms with van der Waals surface area (Å²) in [6.45, 7) is 2.74. The number of amides is 2. The van der Waals surface area contributed by atoms with Gasteiger partial charge in [-0.05, 0) is 48.2 Å². The van der Waals surface area contributed by atoms with Gasteiger partial charge in [0.2, 0.25) is 5.91 Å². The molecule has 1 N–H and O–H groups in total. The second-order valence-corrected chi connectivity index (χ2v) is 10.5. The minimum atomic E-state index is -0.613. The molecule has 2 fully saturated rings. The molecule has 3 aromatic carbocycles. The van der Waals surface area contributed by atoms with E-state index in [1.807, 2.05) is 30.3 Å². The highest BCUT2D eigenvalue weighted by molar-refractivity contribution is 7.99. The number of rotatable bonds is 6. The van der Waals surface area contributed by atoms with Crippen molar-refractivity contribution in [2.75, 3.05) is 18.8 Å². The predicted octanol–water partition coefficient (Wildman–Crippen LogP) is 4.86. The van der Waals surface area contributed by atoms with Gasteiger partial charge in [0.1, 0.15) is 17.2 Å². The number of nitrogens with one attached hydrogen (secondary N) is 1.